The van der Waals surface area contributed by atoms with Gasteiger partial charge < -0.3 is 9.84 Å². The van der Waals surface area contributed by atoms with Crippen LogP contribution < -0.4 is 4.74 Å². The number of rotatable bonds is 3. The lowest BCUT2D eigenvalue weighted by Crippen LogP contribution is -2.18. The summed E-state index contributed by atoms with van der Waals surface area (Å²) in [5.41, 5.74) is -1.44. The summed E-state index contributed by atoms with van der Waals surface area (Å²) in [6.07, 6.45) is -5.04. The normalized spacial score (nSPS) is 11.3. The van der Waals surface area contributed by atoms with Gasteiger partial charge in [-0.15, -0.1) is 24.8 Å². The molecule has 1 aromatic heterocycles. The van der Waals surface area contributed by atoms with Gasteiger partial charge in [0.05, 0.1) is 16.9 Å². The van der Waals surface area contributed by atoms with Crippen molar-refractivity contribution in [3.8, 4) is 11.6 Å². The fraction of sp³-hybridized carbons (Fsp3) is 0.286. The van der Waals surface area contributed by atoms with Crippen molar-refractivity contribution in [2.45, 2.75) is 12.2 Å². The number of nitro groups is 1. The van der Waals surface area contributed by atoms with Crippen LogP contribution in [0.1, 0.15) is 5.69 Å². The molecule has 0 fully saturated rings. The number of nitrogens with zero attached hydrogens (tertiary/aromatic N) is 2. The van der Waals surface area contributed by atoms with Crippen LogP contribution in [-0.2, 0) is 5.88 Å². The van der Waals surface area contributed by atoms with E-state index in [4.69, 9.17) is 11.6 Å². The SMILES string of the molecule is O=[N+]([O-])c1cc(OC(F)(F)F)nc(CCl)c1O. The Bertz CT molecular complexity index is 451. The van der Waals surface area contributed by atoms with Gasteiger partial charge in [0.25, 0.3) is 0 Å². The minimum Gasteiger partial charge on any atom is -0.501 e. The predicted molar refractivity (Wildman–Crippen MR) is 48.8 cm³/mol. The fourth-order valence-corrected chi connectivity index (χ4v) is 1.14. The first-order chi connectivity index (χ1) is 7.74. The first-order valence-electron chi connectivity index (χ1n) is 3.93. The largest absolute Gasteiger partial charge is 0.574 e. The van der Waals surface area contributed by atoms with Crippen molar-refractivity contribution < 1.29 is 27.9 Å². The maximum Gasteiger partial charge on any atom is 0.574 e. The Kier molecular flexibility index (Phi) is 3.61. The van der Waals surface area contributed by atoms with Crippen molar-refractivity contribution in [2.75, 3.05) is 0 Å². The molecule has 0 amide bonds. The zero-order valence-corrected chi connectivity index (χ0v) is 8.62. The van der Waals surface area contributed by atoms with Crippen LogP contribution in [0.5, 0.6) is 11.6 Å². The van der Waals surface area contributed by atoms with E-state index in [1.165, 1.54) is 0 Å². The molecule has 0 aromatic carbocycles. The molecule has 10 heteroatoms. The van der Waals surface area contributed by atoms with E-state index in [0.29, 0.717) is 6.07 Å². The third-order valence-electron chi connectivity index (χ3n) is 1.56. The number of aromatic hydroxyl groups is 1. The van der Waals surface area contributed by atoms with Gasteiger partial charge in [-0.3, -0.25) is 10.1 Å². The second-order valence-electron chi connectivity index (χ2n) is 2.71. The molecule has 17 heavy (non-hydrogen) atoms. The Morgan fingerprint density at radius 2 is 2.18 bits per heavy atom. The van der Waals surface area contributed by atoms with Crippen LogP contribution in [0, 0.1) is 10.1 Å². The second kappa shape index (κ2) is 4.62. The van der Waals surface area contributed by atoms with Crippen LogP contribution in [0.25, 0.3) is 0 Å². The molecule has 0 aliphatic heterocycles. The molecule has 0 atom stereocenters. The smallest absolute Gasteiger partial charge is 0.501 e. The van der Waals surface area contributed by atoms with Gasteiger partial charge in [-0.05, 0) is 0 Å². The third kappa shape index (κ3) is 3.34. The molecule has 0 unspecified atom stereocenters. The van der Waals surface area contributed by atoms with Crippen LogP contribution in [0.4, 0.5) is 18.9 Å². The van der Waals surface area contributed by atoms with E-state index in [0.717, 1.165) is 0 Å². The lowest BCUT2D eigenvalue weighted by Gasteiger charge is -2.09. The van der Waals surface area contributed by atoms with Crippen molar-refractivity contribution >= 4 is 17.3 Å². The molecule has 1 aromatic rings. The summed E-state index contributed by atoms with van der Waals surface area (Å²) in [6.45, 7) is 0. The molecule has 1 heterocycles. The van der Waals surface area contributed by atoms with Crippen LogP contribution in [0.2, 0.25) is 0 Å². The Labute approximate surface area is 96.7 Å². The number of halogens is 4. The molecule has 0 aliphatic rings. The van der Waals surface area contributed by atoms with Gasteiger partial charge in [0.1, 0.15) is 5.69 Å². The number of pyridine rings is 1. The molecule has 1 N–H and O–H groups in total. The maximum absolute atomic E-state index is 11.9. The van der Waals surface area contributed by atoms with E-state index < -0.39 is 40.2 Å². The molecule has 0 aliphatic carbocycles. The topological polar surface area (TPSA) is 85.5 Å². The summed E-state index contributed by atoms with van der Waals surface area (Å²) in [7, 11) is 0. The number of alkyl halides is 4. The van der Waals surface area contributed by atoms with Gasteiger partial charge in [-0.1, -0.05) is 0 Å². The Balaban J connectivity index is 3.25. The molecule has 0 bridgehead atoms. The number of aromatic nitrogens is 1. The Morgan fingerprint density at radius 1 is 1.59 bits per heavy atom. The zero-order chi connectivity index (χ0) is 13.2. The fourth-order valence-electron chi connectivity index (χ4n) is 0.955. The first kappa shape index (κ1) is 13.3. The average Bonchev–Trinajstić information content (AvgIpc) is 2.17. The molecule has 0 saturated heterocycles. The standard InChI is InChI=1S/C7H4ClF3N2O4/c8-2-3-6(14)4(13(15)16)1-5(12-3)17-7(9,10)11/h1,14H,2H2. The van der Waals surface area contributed by atoms with E-state index in [1.54, 1.807) is 0 Å². The van der Waals surface area contributed by atoms with Gasteiger partial charge in [0.15, 0.2) is 0 Å². The van der Waals surface area contributed by atoms with Gasteiger partial charge in [0, 0.05) is 0 Å². The third-order valence-corrected chi connectivity index (χ3v) is 1.82. The lowest BCUT2D eigenvalue weighted by atomic mass is 10.3. The summed E-state index contributed by atoms with van der Waals surface area (Å²) >= 11 is 5.27. The molecular weight excluding hydrogens is 269 g/mol. The van der Waals surface area contributed by atoms with E-state index >= 15 is 0 Å². The van der Waals surface area contributed by atoms with E-state index in [9.17, 15) is 28.4 Å². The average molecular weight is 273 g/mol. The summed E-state index contributed by atoms with van der Waals surface area (Å²) in [5.74, 6) is -2.45. The Hall–Kier alpha value is -1.77. The summed E-state index contributed by atoms with van der Waals surface area (Å²) in [4.78, 5) is 12.6. The zero-order valence-electron chi connectivity index (χ0n) is 7.86. The summed E-state index contributed by atoms with van der Waals surface area (Å²) < 4.78 is 39.1. The highest BCUT2D eigenvalue weighted by molar-refractivity contribution is 6.17. The van der Waals surface area contributed by atoms with Crippen LogP contribution >= 0.6 is 11.6 Å². The molecule has 0 radical (unpaired) electrons. The monoisotopic (exact) mass is 272 g/mol. The molecule has 6 nitrogen and oxygen atoms in total. The van der Waals surface area contributed by atoms with Crippen molar-refractivity contribution in [1.82, 2.24) is 4.98 Å². The predicted octanol–water partition coefficient (Wildman–Crippen LogP) is 2.33. The van der Waals surface area contributed by atoms with Crippen LogP contribution in [-0.4, -0.2) is 21.4 Å². The molecule has 1 rings (SSSR count). The maximum atomic E-state index is 11.9. The Morgan fingerprint density at radius 3 is 2.59 bits per heavy atom. The van der Waals surface area contributed by atoms with E-state index in [2.05, 4.69) is 9.72 Å². The van der Waals surface area contributed by atoms with Crippen molar-refractivity contribution in [3.05, 3.63) is 21.9 Å². The summed E-state index contributed by atoms with van der Waals surface area (Å²) in [6, 6.07) is 0.360. The summed E-state index contributed by atoms with van der Waals surface area (Å²) in [5, 5.41) is 19.7. The van der Waals surface area contributed by atoms with Crippen LogP contribution in [0.3, 0.4) is 0 Å². The van der Waals surface area contributed by atoms with Gasteiger partial charge in [-0.25, -0.2) is 4.98 Å². The number of ether oxygens (including phenoxy) is 1. The number of hydrogen-bond acceptors (Lipinski definition) is 5. The first-order valence-corrected chi connectivity index (χ1v) is 4.47. The van der Waals surface area contributed by atoms with Crippen LogP contribution in [0.15, 0.2) is 6.07 Å². The van der Waals surface area contributed by atoms with E-state index in [1.807, 2.05) is 0 Å². The lowest BCUT2D eigenvalue weighted by molar-refractivity contribution is -0.386. The molecule has 94 valence electrons. The highest BCUT2D eigenvalue weighted by Crippen LogP contribution is 2.34. The minimum atomic E-state index is -5.04. The quantitative estimate of drug-likeness (QED) is 0.518. The van der Waals surface area contributed by atoms with Crippen molar-refractivity contribution in [3.63, 3.8) is 0 Å². The van der Waals surface area contributed by atoms with Crippen molar-refractivity contribution in [2.24, 2.45) is 0 Å². The molecule has 0 spiro atoms. The van der Waals surface area contributed by atoms with Gasteiger partial charge in [0.2, 0.25) is 11.6 Å². The van der Waals surface area contributed by atoms with E-state index in [-0.39, 0.29) is 0 Å². The second-order valence-corrected chi connectivity index (χ2v) is 2.98. The van der Waals surface area contributed by atoms with Gasteiger partial charge >= 0.3 is 12.0 Å². The number of hydrogen-bond donors (Lipinski definition) is 1. The van der Waals surface area contributed by atoms with Gasteiger partial charge in [-0.2, -0.15) is 0 Å². The molecule has 0 saturated carbocycles. The highest BCUT2D eigenvalue weighted by Gasteiger charge is 2.33. The molecular formula is C7H4ClF3N2O4. The minimum absolute atomic E-state index is 0.360. The highest BCUT2D eigenvalue weighted by atomic mass is 35.5. The van der Waals surface area contributed by atoms with Crippen molar-refractivity contribution in [1.29, 1.82) is 0 Å².